The van der Waals surface area contributed by atoms with Crippen molar-refractivity contribution in [3.8, 4) is 0 Å². The second-order valence-electron chi connectivity index (χ2n) is 5.74. The number of unbranched alkanes of at least 4 members (excludes halogenated alkanes) is 9. The van der Waals surface area contributed by atoms with Gasteiger partial charge in [-0.05, 0) is 6.42 Å². The Morgan fingerprint density at radius 1 is 0.739 bits per heavy atom. The SMILES string of the molecule is CCCCCCCCCCCC[n+]1ccccc1.O=S(=O)(O)O. The molecule has 1 aromatic heterocycles. The van der Waals surface area contributed by atoms with Gasteiger partial charge in [-0.3, -0.25) is 9.11 Å². The van der Waals surface area contributed by atoms with Crippen molar-refractivity contribution >= 4 is 10.4 Å². The molecular weight excluding hydrogens is 314 g/mol. The van der Waals surface area contributed by atoms with Gasteiger partial charge in [0.05, 0.1) is 0 Å². The molecule has 0 unspecified atom stereocenters. The summed E-state index contributed by atoms with van der Waals surface area (Å²) in [5.41, 5.74) is 0. The lowest BCUT2D eigenvalue weighted by atomic mass is 10.1. The topological polar surface area (TPSA) is 78.5 Å². The van der Waals surface area contributed by atoms with Crippen molar-refractivity contribution in [3.05, 3.63) is 30.6 Å². The summed E-state index contributed by atoms with van der Waals surface area (Å²) in [5.74, 6) is 0. The summed E-state index contributed by atoms with van der Waals surface area (Å²) in [5, 5.41) is 0. The molecule has 0 fully saturated rings. The Bertz CT molecular complexity index is 455. The van der Waals surface area contributed by atoms with Crippen molar-refractivity contribution in [3.63, 3.8) is 0 Å². The number of aromatic nitrogens is 1. The standard InChI is InChI=1S/C17H30N.H2O4S/c1-2-3-4-5-6-7-8-9-10-12-15-18-16-13-11-14-17-18;1-5(2,3)4/h11,13-14,16-17H,2-10,12,15H2,1H3;(H2,1,2,3,4)/q+1;. The van der Waals surface area contributed by atoms with E-state index in [1.165, 1.54) is 70.8 Å². The number of aryl methyl sites for hydroxylation is 1. The smallest absolute Gasteiger partial charge is 0.264 e. The number of hydrogen-bond acceptors (Lipinski definition) is 2. The van der Waals surface area contributed by atoms with E-state index < -0.39 is 10.4 Å². The van der Waals surface area contributed by atoms with E-state index in [9.17, 15) is 0 Å². The van der Waals surface area contributed by atoms with Crippen molar-refractivity contribution in [2.75, 3.05) is 0 Å². The summed E-state index contributed by atoms with van der Waals surface area (Å²) in [4.78, 5) is 0. The molecule has 0 aliphatic rings. The molecule has 0 bridgehead atoms. The van der Waals surface area contributed by atoms with Crippen LogP contribution in [0.15, 0.2) is 30.6 Å². The Kier molecular flexibility index (Phi) is 14.0. The van der Waals surface area contributed by atoms with Gasteiger partial charge in [0.1, 0.15) is 6.54 Å². The minimum atomic E-state index is -4.67. The largest absolute Gasteiger partial charge is 0.394 e. The molecule has 23 heavy (non-hydrogen) atoms. The van der Waals surface area contributed by atoms with E-state index in [4.69, 9.17) is 17.5 Å². The lowest BCUT2D eigenvalue weighted by Crippen LogP contribution is -2.32. The van der Waals surface area contributed by atoms with Crippen molar-refractivity contribution in [2.45, 2.75) is 77.7 Å². The van der Waals surface area contributed by atoms with Gasteiger partial charge in [-0.1, -0.05) is 64.4 Å². The normalized spacial score (nSPS) is 10.9. The molecule has 6 heteroatoms. The van der Waals surface area contributed by atoms with Crippen molar-refractivity contribution in [1.29, 1.82) is 0 Å². The summed E-state index contributed by atoms with van der Waals surface area (Å²) in [6, 6.07) is 6.29. The quantitative estimate of drug-likeness (QED) is 0.357. The van der Waals surface area contributed by atoms with Crippen LogP contribution >= 0.6 is 0 Å². The molecule has 5 nitrogen and oxygen atoms in total. The lowest BCUT2D eigenvalue weighted by molar-refractivity contribution is -0.697. The van der Waals surface area contributed by atoms with E-state index in [0.29, 0.717) is 0 Å². The average Bonchev–Trinajstić information content (AvgIpc) is 2.48. The van der Waals surface area contributed by atoms with Crippen LogP contribution < -0.4 is 4.57 Å². The van der Waals surface area contributed by atoms with Crippen LogP contribution in [-0.4, -0.2) is 17.5 Å². The first kappa shape index (κ1) is 22.0. The zero-order valence-electron chi connectivity index (χ0n) is 14.2. The van der Waals surface area contributed by atoms with E-state index in [0.717, 1.165) is 0 Å². The third kappa shape index (κ3) is 21.0. The highest BCUT2D eigenvalue weighted by molar-refractivity contribution is 7.79. The maximum atomic E-state index is 8.74. The summed E-state index contributed by atoms with van der Waals surface area (Å²) in [6.45, 7) is 3.46. The number of pyridine rings is 1. The molecule has 1 heterocycles. The number of hydrogen-bond donors (Lipinski definition) is 2. The average molecular weight is 347 g/mol. The van der Waals surface area contributed by atoms with Crippen LogP contribution in [0.2, 0.25) is 0 Å². The highest BCUT2D eigenvalue weighted by Gasteiger charge is 1.97. The van der Waals surface area contributed by atoms with E-state index in [1.54, 1.807) is 0 Å². The number of nitrogens with zero attached hydrogens (tertiary/aromatic N) is 1. The maximum Gasteiger partial charge on any atom is 0.394 e. The number of rotatable bonds is 11. The highest BCUT2D eigenvalue weighted by Crippen LogP contribution is 2.10. The van der Waals surface area contributed by atoms with Gasteiger partial charge in [-0.2, -0.15) is 8.42 Å². The predicted molar refractivity (Wildman–Crippen MR) is 92.7 cm³/mol. The molecule has 0 atom stereocenters. The molecule has 0 aliphatic carbocycles. The fraction of sp³-hybridized carbons (Fsp3) is 0.706. The van der Waals surface area contributed by atoms with Crippen molar-refractivity contribution < 1.29 is 22.1 Å². The fourth-order valence-corrected chi connectivity index (χ4v) is 2.37. The minimum absolute atomic E-state index is 1.18. The summed E-state index contributed by atoms with van der Waals surface area (Å²) in [6.07, 6.45) is 18.5. The van der Waals surface area contributed by atoms with Gasteiger partial charge < -0.3 is 0 Å². The van der Waals surface area contributed by atoms with Crippen LogP contribution in [0, 0.1) is 0 Å². The zero-order valence-corrected chi connectivity index (χ0v) is 15.0. The third-order valence-corrected chi connectivity index (χ3v) is 3.55. The van der Waals surface area contributed by atoms with Crippen molar-refractivity contribution in [2.24, 2.45) is 0 Å². The third-order valence-electron chi connectivity index (χ3n) is 3.55. The van der Waals surface area contributed by atoms with Gasteiger partial charge in [0, 0.05) is 18.6 Å². The maximum absolute atomic E-state index is 8.74. The van der Waals surface area contributed by atoms with Crippen LogP contribution in [-0.2, 0) is 16.9 Å². The summed E-state index contributed by atoms with van der Waals surface area (Å²) < 4.78 is 33.9. The molecule has 2 N–H and O–H groups in total. The van der Waals surface area contributed by atoms with Crippen LogP contribution in [0.5, 0.6) is 0 Å². The molecule has 0 saturated heterocycles. The van der Waals surface area contributed by atoms with Gasteiger partial charge in [0.15, 0.2) is 12.4 Å². The minimum Gasteiger partial charge on any atom is -0.264 e. The van der Waals surface area contributed by atoms with Gasteiger partial charge in [0.2, 0.25) is 0 Å². The first-order valence-corrected chi connectivity index (χ1v) is 9.97. The molecular formula is C17H32NO4S+. The predicted octanol–water partition coefficient (Wildman–Crippen LogP) is 4.24. The molecule has 134 valence electrons. The van der Waals surface area contributed by atoms with Gasteiger partial charge in [0.25, 0.3) is 0 Å². The summed E-state index contributed by atoms with van der Waals surface area (Å²) >= 11 is 0. The van der Waals surface area contributed by atoms with E-state index in [1.807, 2.05) is 0 Å². The first-order chi connectivity index (χ1) is 10.9. The molecule has 1 aromatic rings. The Balaban J connectivity index is 0.000000841. The fourth-order valence-electron chi connectivity index (χ4n) is 2.37. The molecule has 1 rings (SSSR count). The van der Waals surface area contributed by atoms with E-state index >= 15 is 0 Å². The lowest BCUT2D eigenvalue weighted by Gasteiger charge is -2.01. The molecule has 0 aromatic carbocycles. The van der Waals surface area contributed by atoms with Gasteiger partial charge >= 0.3 is 10.4 Å². The first-order valence-electron chi connectivity index (χ1n) is 8.57. The van der Waals surface area contributed by atoms with E-state index in [-0.39, 0.29) is 0 Å². The second-order valence-corrected chi connectivity index (χ2v) is 6.64. The molecule has 0 saturated carbocycles. The van der Waals surface area contributed by atoms with E-state index in [2.05, 4.69) is 42.1 Å². The second kappa shape index (κ2) is 14.6. The van der Waals surface area contributed by atoms with Crippen LogP contribution in [0.3, 0.4) is 0 Å². The van der Waals surface area contributed by atoms with Crippen LogP contribution in [0.1, 0.15) is 71.1 Å². The molecule has 0 amide bonds. The van der Waals surface area contributed by atoms with Gasteiger partial charge in [-0.15, -0.1) is 0 Å². The molecule has 0 radical (unpaired) electrons. The van der Waals surface area contributed by atoms with Crippen molar-refractivity contribution in [1.82, 2.24) is 0 Å². The van der Waals surface area contributed by atoms with Crippen LogP contribution in [0.4, 0.5) is 0 Å². The summed E-state index contributed by atoms with van der Waals surface area (Å²) in [7, 11) is -4.67. The Morgan fingerprint density at radius 2 is 1.13 bits per heavy atom. The Labute approximate surface area is 141 Å². The zero-order chi connectivity index (χ0) is 17.4. The highest BCUT2D eigenvalue weighted by atomic mass is 32.3. The Hall–Kier alpha value is -0.980. The van der Waals surface area contributed by atoms with Crippen LogP contribution in [0.25, 0.3) is 0 Å². The molecule has 0 spiro atoms. The monoisotopic (exact) mass is 346 g/mol. The molecule has 0 aliphatic heterocycles. The Morgan fingerprint density at radius 3 is 1.57 bits per heavy atom. The van der Waals surface area contributed by atoms with Gasteiger partial charge in [-0.25, -0.2) is 4.57 Å².